The Morgan fingerprint density at radius 3 is 2.53 bits per heavy atom. The number of thioether (sulfide) groups is 1. The third-order valence-corrected chi connectivity index (χ3v) is 7.06. The number of fused-ring (bicyclic) bond motifs is 1. The first-order valence-corrected chi connectivity index (χ1v) is 13.3. The second kappa shape index (κ2) is 11.4. The number of methoxy groups -OCH3 is 1. The van der Waals surface area contributed by atoms with E-state index in [4.69, 9.17) is 19.6 Å². The first-order valence-electron chi connectivity index (χ1n) is 12.4. The second-order valence-electron chi connectivity index (χ2n) is 8.66. The Bertz CT molecular complexity index is 1450. The van der Waals surface area contributed by atoms with Crippen molar-refractivity contribution in [3.8, 4) is 11.5 Å². The second-order valence-corrected chi connectivity index (χ2v) is 9.60. The average molecular weight is 528 g/mol. The largest absolute Gasteiger partial charge is 0.495 e. The van der Waals surface area contributed by atoms with Crippen molar-refractivity contribution in [3.63, 3.8) is 0 Å². The van der Waals surface area contributed by atoms with Gasteiger partial charge in [-0.2, -0.15) is 4.98 Å². The van der Waals surface area contributed by atoms with Crippen LogP contribution < -0.4 is 20.1 Å². The molecule has 0 saturated carbocycles. The monoisotopic (exact) mass is 527 g/mol. The highest BCUT2D eigenvalue weighted by Crippen LogP contribution is 2.38. The number of carbonyl (C=O) groups excluding carboxylic acids is 1. The summed E-state index contributed by atoms with van der Waals surface area (Å²) < 4.78 is 12.9. The number of anilines is 2. The van der Waals surface area contributed by atoms with E-state index < -0.39 is 6.04 Å². The van der Waals surface area contributed by atoms with Gasteiger partial charge in [-0.25, -0.2) is 4.68 Å². The number of para-hydroxylation sites is 2. The number of hydrogen-bond donors (Lipinski definition) is 2. The van der Waals surface area contributed by atoms with Crippen molar-refractivity contribution < 1.29 is 14.3 Å². The molecular weight excluding hydrogens is 498 g/mol. The average Bonchev–Trinajstić information content (AvgIpc) is 3.35. The van der Waals surface area contributed by atoms with Gasteiger partial charge in [0, 0.05) is 11.4 Å². The molecule has 3 aromatic carbocycles. The fraction of sp³-hybridized carbons (Fsp3) is 0.207. The van der Waals surface area contributed by atoms with E-state index in [1.807, 2.05) is 80.6 Å². The number of carbonyl (C=O) groups is 1. The highest BCUT2D eigenvalue weighted by atomic mass is 32.2. The van der Waals surface area contributed by atoms with E-state index in [1.165, 1.54) is 5.56 Å². The molecular formula is C29H29N5O3S. The quantitative estimate of drug-likeness (QED) is 0.262. The molecule has 5 rings (SSSR count). The third kappa shape index (κ3) is 5.38. The number of ether oxygens (including phenoxy) is 2. The number of aromatic nitrogens is 3. The molecule has 0 saturated heterocycles. The summed E-state index contributed by atoms with van der Waals surface area (Å²) in [6.07, 6.45) is 0. The van der Waals surface area contributed by atoms with E-state index >= 15 is 0 Å². The first-order chi connectivity index (χ1) is 18.6. The molecule has 0 spiro atoms. The molecule has 194 valence electrons. The fourth-order valence-electron chi connectivity index (χ4n) is 4.37. The van der Waals surface area contributed by atoms with Gasteiger partial charge in [-0.3, -0.25) is 4.79 Å². The molecule has 1 atom stereocenters. The zero-order chi connectivity index (χ0) is 26.5. The van der Waals surface area contributed by atoms with Gasteiger partial charge in [0.2, 0.25) is 11.1 Å². The molecule has 2 heterocycles. The summed E-state index contributed by atoms with van der Waals surface area (Å²) >= 11 is 1.55. The summed E-state index contributed by atoms with van der Waals surface area (Å²) in [6, 6.07) is 24.8. The normalized spacial score (nSPS) is 14.4. The van der Waals surface area contributed by atoms with Gasteiger partial charge in [-0.1, -0.05) is 66.4 Å². The molecule has 1 aliphatic heterocycles. The van der Waals surface area contributed by atoms with Gasteiger partial charge < -0.3 is 20.1 Å². The predicted octanol–water partition coefficient (Wildman–Crippen LogP) is 5.91. The summed E-state index contributed by atoms with van der Waals surface area (Å²) in [4.78, 5) is 18.5. The van der Waals surface area contributed by atoms with Crippen LogP contribution >= 0.6 is 11.8 Å². The Morgan fingerprint density at radius 2 is 1.79 bits per heavy atom. The lowest BCUT2D eigenvalue weighted by molar-refractivity contribution is -0.113. The number of nitrogens with zero attached hydrogens (tertiary/aromatic N) is 3. The van der Waals surface area contributed by atoms with Crippen LogP contribution in [-0.2, 0) is 10.5 Å². The molecule has 1 aromatic heterocycles. The van der Waals surface area contributed by atoms with Crippen LogP contribution in [0.25, 0.3) is 0 Å². The van der Waals surface area contributed by atoms with Crippen molar-refractivity contribution in [2.75, 3.05) is 24.4 Å². The molecule has 1 unspecified atom stereocenters. The van der Waals surface area contributed by atoms with E-state index in [0.717, 1.165) is 17.1 Å². The molecule has 9 heteroatoms. The highest BCUT2D eigenvalue weighted by Gasteiger charge is 2.34. The van der Waals surface area contributed by atoms with Gasteiger partial charge in [-0.05, 0) is 49.2 Å². The number of rotatable bonds is 9. The zero-order valence-corrected chi connectivity index (χ0v) is 22.3. The molecule has 38 heavy (non-hydrogen) atoms. The molecule has 0 fully saturated rings. The Morgan fingerprint density at radius 1 is 1.05 bits per heavy atom. The highest BCUT2D eigenvalue weighted by molar-refractivity contribution is 7.98. The smallest absolute Gasteiger partial charge is 0.255 e. The van der Waals surface area contributed by atoms with Crippen molar-refractivity contribution in [1.82, 2.24) is 14.8 Å². The molecule has 8 nitrogen and oxygen atoms in total. The number of benzene rings is 3. The number of nitrogens with one attached hydrogen (secondary N) is 2. The van der Waals surface area contributed by atoms with Gasteiger partial charge >= 0.3 is 0 Å². The van der Waals surface area contributed by atoms with Crippen LogP contribution in [0.4, 0.5) is 11.6 Å². The zero-order valence-electron chi connectivity index (χ0n) is 21.5. The van der Waals surface area contributed by atoms with Crippen molar-refractivity contribution in [2.45, 2.75) is 30.8 Å². The molecule has 0 bridgehead atoms. The van der Waals surface area contributed by atoms with Crippen molar-refractivity contribution in [1.29, 1.82) is 0 Å². The van der Waals surface area contributed by atoms with Crippen LogP contribution in [0.3, 0.4) is 0 Å². The van der Waals surface area contributed by atoms with Crippen LogP contribution in [0.5, 0.6) is 11.5 Å². The Kier molecular flexibility index (Phi) is 7.65. The summed E-state index contributed by atoms with van der Waals surface area (Å²) in [6.45, 7) is 4.41. The molecule has 0 radical (unpaired) electrons. The van der Waals surface area contributed by atoms with Gasteiger partial charge in [0.25, 0.3) is 5.91 Å². The fourth-order valence-corrected chi connectivity index (χ4v) is 5.15. The van der Waals surface area contributed by atoms with Gasteiger partial charge in [-0.15, -0.1) is 5.10 Å². The van der Waals surface area contributed by atoms with E-state index in [2.05, 4.69) is 22.8 Å². The minimum atomic E-state index is -0.491. The Balaban J connectivity index is 1.50. The van der Waals surface area contributed by atoms with Crippen molar-refractivity contribution >= 4 is 29.3 Å². The number of allylic oxidation sites excluding steroid dienone is 1. The summed E-state index contributed by atoms with van der Waals surface area (Å²) in [5.74, 6) is 2.43. The SMILES string of the molecule is CCOc1ccc(C2C(C(=O)Nc3ccccc3OC)=C(C)Nc3nc(SCc4ccccc4)nn32)cc1. The standard InChI is InChI=1S/C29H29N5O3S/c1-4-37-22-16-14-21(15-17-22)26-25(27(35)31-23-12-8-9-13-24(23)36-3)19(2)30-28-32-29(33-34(26)28)38-18-20-10-6-5-7-11-20/h5-17,26H,4,18H2,1-3H3,(H,31,35)(H,30,32,33). The van der Waals surface area contributed by atoms with Crippen LogP contribution in [0.2, 0.25) is 0 Å². The molecule has 1 aliphatic rings. The van der Waals surface area contributed by atoms with Gasteiger partial charge in [0.05, 0.1) is 25.0 Å². The molecule has 2 N–H and O–H groups in total. The van der Waals surface area contributed by atoms with Gasteiger partial charge in [0.15, 0.2) is 0 Å². The number of hydrogen-bond acceptors (Lipinski definition) is 7. The lowest BCUT2D eigenvalue weighted by atomic mass is 9.95. The minimum Gasteiger partial charge on any atom is -0.495 e. The summed E-state index contributed by atoms with van der Waals surface area (Å²) in [5.41, 5.74) is 3.92. The van der Waals surface area contributed by atoms with Gasteiger partial charge in [0.1, 0.15) is 17.5 Å². The van der Waals surface area contributed by atoms with E-state index in [1.54, 1.807) is 23.6 Å². The molecule has 4 aromatic rings. The van der Waals surface area contributed by atoms with E-state index in [9.17, 15) is 4.79 Å². The lowest BCUT2D eigenvalue weighted by Crippen LogP contribution is -2.31. The van der Waals surface area contributed by atoms with Crippen LogP contribution in [-0.4, -0.2) is 34.4 Å². The van der Waals surface area contributed by atoms with Crippen LogP contribution in [0, 0.1) is 0 Å². The van der Waals surface area contributed by atoms with Crippen LogP contribution in [0.1, 0.15) is 31.0 Å². The topological polar surface area (TPSA) is 90.3 Å². The minimum absolute atomic E-state index is 0.252. The number of amides is 1. The van der Waals surface area contributed by atoms with E-state index in [-0.39, 0.29) is 5.91 Å². The Hall–Kier alpha value is -4.24. The molecule has 1 amide bonds. The summed E-state index contributed by atoms with van der Waals surface area (Å²) in [7, 11) is 1.58. The van der Waals surface area contributed by atoms with E-state index in [0.29, 0.717) is 40.4 Å². The molecule has 0 aliphatic carbocycles. The Labute approximate surface area is 226 Å². The maximum Gasteiger partial charge on any atom is 0.255 e. The van der Waals surface area contributed by atoms with Crippen molar-refractivity contribution in [3.05, 3.63) is 101 Å². The maximum absolute atomic E-state index is 13.8. The lowest BCUT2D eigenvalue weighted by Gasteiger charge is -2.29. The third-order valence-electron chi connectivity index (χ3n) is 6.15. The summed E-state index contributed by atoms with van der Waals surface area (Å²) in [5, 5.41) is 11.8. The predicted molar refractivity (Wildman–Crippen MR) is 150 cm³/mol. The maximum atomic E-state index is 13.8. The van der Waals surface area contributed by atoms with Crippen molar-refractivity contribution in [2.24, 2.45) is 0 Å². The first kappa shape index (κ1) is 25.4. The van der Waals surface area contributed by atoms with Crippen LogP contribution in [0.15, 0.2) is 95.3 Å².